The topological polar surface area (TPSA) is 64.1 Å². The van der Waals surface area contributed by atoms with Gasteiger partial charge in [-0.3, -0.25) is 0 Å². The number of benzene rings is 1. The van der Waals surface area contributed by atoms with Crippen LogP contribution >= 0.6 is 0 Å². The van der Waals surface area contributed by atoms with E-state index in [2.05, 4.69) is 10.3 Å². The van der Waals surface area contributed by atoms with Crippen LogP contribution in [0, 0.1) is 20.8 Å². The summed E-state index contributed by atoms with van der Waals surface area (Å²) >= 11 is 0. The van der Waals surface area contributed by atoms with Crippen LogP contribution in [0.3, 0.4) is 0 Å². The zero-order chi connectivity index (χ0) is 12.4. The fraction of sp³-hybridized carbons (Fsp3) is 0.308. The molecule has 0 radical (unpaired) electrons. The van der Waals surface area contributed by atoms with Gasteiger partial charge in [0.25, 0.3) is 0 Å². The maximum Gasteiger partial charge on any atom is 0.213 e. The van der Waals surface area contributed by atoms with Crippen LogP contribution in [0.1, 0.15) is 22.9 Å². The molecule has 0 amide bonds. The van der Waals surface area contributed by atoms with Crippen LogP contribution in [0.25, 0.3) is 0 Å². The van der Waals surface area contributed by atoms with E-state index in [1.165, 1.54) is 0 Å². The molecule has 90 valence electrons. The highest BCUT2D eigenvalue weighted by Gasteiger charge is 2.06. The van der Waals surface area contributed by atoms with Gasteiger partial charge in [0, 0.05) is 0 Å². The summed E-state index contributed by atoms with van der Waals surface area (Å²) in [6, 6.07) is 5.91. The lowest BCUT2D eigenvalue weighted by Gasteiger charge is -2.09. The van der Waals surface area contributed by atoms with Crippen molar-refractivity contribution in [3.05, 3.63) is 41.1 Å². The van der Waals surface area contributed by atoms with E-state index in [4.69, 9.17) is 10.2 Å². The number of nitrogen functional groups attached to an aromatic ring is 1. The summed E-state index contributed by atoms with van der Waals surface area (Å²) in [5.74, 6) is 1.54. The Morgan fingerprint density at radius 2 is 2.06 bits per heavy atom. The van der Waals surface area contributed by atoms with E-state index in [1.54, 1.807) is 0 Å². The Kier molecular flexibility index (Phi) is 3.04. The highest BCUT2D eigenvalue weighted by atomic mass is 16.4. The summed E-state index contributed by atoms with van der Waals surface area (Å²) in [6.07, 6.45) is 0. The summed E-state index contributed by atoms with van der Waals surface area (Å²) in [4.78, 5) is 4.31. The third kappa shape index (κ3) is 2.41. The molecule has 0 aliphatic carbocycles. The highest BCUT2D eigenvalue weighted by Crippen LogP contribution is 2.22. The molecule has 4 heteroatoms. The Morgan fingerprint density at radius 3 is 2.71 bits per heavy atom. The molecule has 0 aliphatic heterocycles. The Hall–Kier alpha value is -1.97. The zero-order valence-corrected chi connectivity index (χ0v) is 10.4. The van der Waals surface area contributed by atoms with Crippen molar-refractivity contribution >= 4 is 11.4 Å². The molecule has 2 aromatic rings. The van der Waals surface area contributed by atoms with Crippen LogP contribution in [0.15, 0.2) is 22.6 Å². The number of hydrogen-bond donors (Lipinski definition) is 2. The SMILES string of the molecule is Cc1cccc(NCc2nc(C)c(C)o2)c1N. The predicted octanol–water partition coefficient (Wildman–Crippen LogP) is 2.79. The van der Waals surface area contributed by atoms with Gasteiger partial charge < -0.3 is 15.5 Å². The molecule has 1 aromatic carbocycles. The van der Waals surface area contributed by atoms with E-state index in [1.807, 2.05) is 39.0 Å². The van der Waals surface area contributed by atoms with E-state index in [9.17, 15) is 0 Å². The fourth-order valence-electron chi connectivity index (χ4n) is 1.62. The highest BCUT2D eigenvalue weighted by molar-refractivity contribution is 5.69. The fourth-order valence-corrected chi connectivity index (χ4v) is 1.62. The zero-order valence-electron chi connectivity index (χ0n) is 10.4. The molecule has 0 fully saturated rings. The molecular weight excluding hydrogens is 214 g/mol. The standard InChI is InChI=1S/C13H17N3O/c1-8-5-4-6-11(13(8)14)15-7-12-16-9(2)10(3)17-12/h4-6,15H,7,14H2,1-3H3. The summed E-state index contributed by atoms with van der Waals surface area (Å²) < 4.78 is 5.49. The minimum absolute atomic E-state index is 0.544. The number of oxazole rings is 1. The van der Waals surface area contributed by atoms with Gasteiger partial charge in [0.05, 0.1) is 23.6 Å². The maximum atomic E-state index is 5.97. The number of nitrogens with two attached hydrogens (primary N) is 1. The number of hydrogen-bond acceptors (Lipinski definition) is 4. The van der Waals surface area contributed by atoms with Crippen molar-refractivity contribution < 1.29 is 4.42 Å². The Labute approximate surface area is 101 Å². The van der Waals surface area contributed by atoms with Crippen molar-refractivity contribution in [3.8, 4) is 0 Å². The van der Waals surface area contributed by atoms with Gasteiger partial charge in [0.2, 0.25) is 5.89 Å². The molecule has 0 unspecified atom stereocenters. The van der Waals surface area contributed by atoms with Gasteiger partial charge in [0.1, 0.15) is 5.76 Å². The van der Waals surface area contributed by atoms with E-state index < -0.39 is 0 Å². The summed E-state index contributed by atoms with van der Waals surface area (Å²) in [6.45, 7) is 6.37. The number of anilines is 2. The van der Waals surface area contributed by atoms with Crippen LogP contribution in [0.5, 0.6) is 0 Å². The van der Waals surface area contributed by atoms with E-state index in [0.29, 0.717) is 12.4 Å². The Bertz CT molecular complexity index is 512. The Morgan fingerprint density at radius 1 is 1.29 bits per heavy atom. The second kappa shape index (κ2) is 4.49. The summed E-state index contributed by atoms with van der Waals surface area (Å²) in [7, 11) is 0. The van der Waals surface area contributed by atoms with Gasteiger partial charge in [-0.05, 0) is 32.4 Å². The van der Waals surface area contributed by atoms with Crippen LogP contribution in [0.2, 0.25) is 0 Å². The molecule has 2 rings (SSSR count). The molecule has 0 bridgehead atoms. The third-order valence-electron chi connectivity index (χ3n) is 2.83. The van der Waals surface area contributed by atoms with Gasteiger partial charge in [-0.15, -0.1) is 0 Å². The number of nitrogens with zero attached hydrogens (tertiary/aromatic N) is 1. The summed E-state index contributed by atoms with van der Waals surface area (Å²) in [5, 5.41) is 3.23. The van der Waals surface area contributed by atoms with Crippen molar-refractivity contribution in [1.29, 1.82) is 0 Å². The van der Waals surface area contributed by atoms with Gasteiger partial charge in [-0.25, -0.2) is 4.98 Å². The quantitative estimate of drug-likeness (QED) is 0.797. The van der Waals surface area contributed by atoms with Crippen molar-refractivity contribution in [2.75, 3.05) is 11.1 Å². The normalized spacial score (nSPS) is 10.5. The first-order chi connectivity index (χ1) is 8.08. The minimum Gasteiger partial charge on any atom is -0.444 e. The molecule has 0 aliphatic rings. The van der Waals surface area contributed by atoms with Crippen molar-refractivity contribution in [3.63, 3.8) is 0 Å². The first-order valence-corrected chi connectivity index (χ1v) is 5.60. The van der Waals surface area contributed by atoms with Crippen LogP contribution < -0.4 is 11.1 Å². The monoisotopic (exact) mass is 231 g/mol. The van der Waals surface area contributed by atoms with E-state index in [-0.39, 0.29) is 0 Å². The molecule has 0 spiro atoms. The lowest BCUT2D eigenvalue weighted by atomic mass is 10.2. The van der Waals surface area contributed by atoms with Gasteiger partial charge >= 0.3 is 0 Å². The van der Waals surface area contributed by atoms with Crippen molar-refractivity contribution in [1.82, 2.24) is 4.98 Å². The molecule has 1 heterocycles. The number of aryl methyl sites for hydroxylation is 3. The van der Waals surface area contributed by atoms with Gasteiger partial charge in [-0.1, -0.05) is 12.1 Å². The van der Waals surface area contributed by atoms with E-state index in [0.717, 1.165) is 28.4 Å². The minimum atomic E-state index is 0.544. The number of para-hydroxylation sites is 1. The number of nitrogens with one attached hydrogen (secondary N) is 1. The lowest BCUT2D eigenvalue weighted by molar-refractivity contribution is 0.478. The second-order valence-electron chi connectivity index (χ2n) is 4.14. The first-order valence-electron chi connectivity index (χ1n) is 5.60. The largest absolute Gasteiger partial charge is 0.444 e. The van der Waals surface area contributed by atoms with Crippen molar-refractivity contribution in [2.24, 2.45) is 0 Å². The molecular formula is C13H17N3O. The third-order valence-corrected chi connectivity index (χ3v) is 2.83. The number of aromatic nitrogens is 1. The molecule has 0 saturated heterocycles. The average molecular weight is 231 g/mol. The molecule has 0 saturated carbocycles. The first kappa shape index (κ1) is 11.5. The average Bonchev–Trinajstić information content (AvgIpc) is 2.61. The van der Waals surface area contributed by atoms with Crippen molar-refractivity contribution in [2.45, 2.75) is 27.3 Å². The van der Waals surface area contributed by atoms with Crippen LogP contribution in [0.4, 0.5) is 11.4 Å². The molecule has 4 nitrogen and oxygen atoms in total. The van der Waals surface area contributed by atoms with Crippen LogP contribution in [-0.2, 0) is 6.54 Å². The maximum absolute atomic E-state index is 5.97. The van der Waals surface area contributed by atoms with Gasteiger partial charge in [0.15, 0.2) is 0 Å². The number of rotatable bonds is 3. The molecule has 3 N–H and O–H groups in total. The summed E-state index contributed by atoms with van der Waals surface area (Å²) in [5.41, 5.74) is 9.65. The van der Waals surface area contributed by atoms with E-state index >= 15 is 0 Å². The predicted molar refractivity (Wildman–Crippen MR) is 68.9 cm³/mol. The van der Waals surface area contributed by atoms with Gasteiger partial charge in [-0.2, -0.15) is 0 Å². The molecule has 0 atom stereocenters. The lowest BCUT2D eigenvalue weighted by Crippen LogP contribution is -2.03. The Balaban J connectivity index is 2.10. The second-order valence-corrected chi connectivity index (χ2v) is 4.14. The molecule has 17 heavy (non-hydrogen) atoms. The smallest absolute Gasteiger partial charge is 0.213 e. The van der Waals surface area contributed by atoms with Crippen LogP contribution in [-0.4, -0.2) is 4.98 Å². The molecule has 1 aromatic heterocycles.